The molecule has 4 heteroatoms. The minimum Gasteiger partial charge on any atom is -0.373 e. The SMILES string of the molecule is CCc1c[nH]c2ccc(NC3CC(Cc4ccccc4)CCS3)cc12.CNC. The summed E-state index contributed by atoms with van der Waals surface area (Å²) in [4.78, 5) is 3.37. The number of aromatic nitrogens is 1. The van der Waals surface area contributed by atoms with Crippen LogP contribution in [-0.2, 0) is 12.8 Å². The molecule has 0 radical (unpaired) electrons. The molecule has 1 aliphatic rings. The Hall–Kier alpha value is -1.91. The molecule has 150 valence electrons. The number of nitrogens with one attached hydrogen (secondary N) is 3. The molecule has 1 aromatic heterocycles. The molecular weight excluding hydrogens is 362 g/mol. The molecule has 4 rings (SSSR count). The Kier molecular flexibility index (Phi) is 7.87. The van der Waals surface area contributed by atoms with Gasteiger partial charge in [-0.25, -0.2) is 0 Å². The second-order valence-corrected chi connectivity index (χ2v) is 8.82. The Morgan fingerprint density at radius 1 is 1.11 bits per heavy atom. The monoisotopic (exact) mass is 395 g/mol. The van der Waals surface area contributed by atoms with E-state index in [1.54, 1.807) is 0 Å². The van der Waals surface area contributed by atoms with Gasteiger partial charge >= 0.3 is 0 Å². The normalized spacial score (nSPS) is 19.1. The number of anilines is 1. The molecular formula is C24H33N3S. The highest BCUT2D eigenvalue weighted by atomic mass is 32.2. The Morgan fingerprint density at radius 3 is 2.64 bits per heavy atom. The Bertz CT molecular complexity index is 843. The van der Waals surface area contributed by atoms with Crippen molar-refractivity contribution in [2.75, 3.05) is 25.2 Å². The Balaban J connectivity index is 0.000000706. The van der Waals surface area contributed by atoms with Crippen molar-refractivity contribution in [3.05, 3.63) is 65.9 Å². The van der Waals surface area contributed by atoms with Crippen LogP contribution in [0.15, 0.2) is 54.7 Å². The van der Waals surface area contributed by atoms with Gasteiger partial charge in [0.05, 0.1) is 5.37 Å². The second kappa shape index (κ2) is 10.6. The van der Waals surface area contributed by atoms with Gasteiger partial charge in [-0.3, -0.25) is 0 Å². The van der Waals surface area contributed by atoms with Gasteiger partial charge < -0.3 is 15.6 Å². The van der Waals surface area contributed by atoms with Gasteiger partial charge in [0.25, 0.3) is 0 Å². The standard InChI is InChI=1S/C22H26N2S.C2H7N/c1-2-18-15-23-21-9-8-19(14-20(18)21)24-22-13-17(10-11-25-22)12-16-6-4-3-5-7-16;1-3-2/h3-9,14-15,17,22-24H,2,10-13H2,1H3;3H,1-2H3. The summed E-state index contributed by atoms with van der Waals surface area (Å²) in [7, 11) is 3.75. The number of rotatable bonds is 5. The summed E-state index contributed by atoms with van der Waals surface area (Å²) in [5.74, 6) is 2.03. The number of aryl methyl sites for hydroxylation is 1. The van der Waals surface area contributed by atoms with Gasteiger partial charge in [0.15, 0.2) is 0 Å². The van der Waals surface area contributed by atoms with Crippen molar-refractivity contribution in [2.24, 2.45) is 5.92 Å². The van der Waals surface area contributed by atoms with E-state index in [1.807, 2.05) is 14.1 Å². The predicted octanol–water partition coefficient (Wildman–Crippen LogP) is 5.69. The topological polar surface area (TPSA) is 39.9 Å². The highest BCUT2D eigenvalue weighted by molar-refractivity contribution is 8.00. The molecule has 1 fully saturated rings. The fourth-order valence-corrected chi connectivity index (χ4v) is 5.23. The summed E-state index contributed by atoms with van der Waals surface area (Å²) in [5, 5.41) is 8.40. The average Bonchev–Trinajstić information content (AvgIpc) is 3.12. The van der Waals surface area contributed by atoms with Gasteiger partial charge in [0, 0.05) is 22.8 Å². The van der Waals surface area contributed by atoms with E-state index in [-0.39, 0.29) is 0 Å². The first-order valence-corrected chi connectivity index (χ1v) is 11.4. The van der Waals surface area contributed by atoms with Crippen LogP contribution in [0, 0.1) is 5.92 Å². The smallest absolute Gasteiger partial charge is 0.0725 e. The van der Waals surface area contributed by atoms with Gasteiger partial charge in [-0.15, -0.1) is 11.8 Å². The third-order valence-electron chi connectivity index (χ3n) is 5.24. The molecule has 2 atom stereocenters. The fourth-order valence-electron chi connectivity index (χ4n) is 3.85. The Labute approximate surface area is 173 Å². The summed E-state index contributed by atoms with van der Waals surface area (Å²) >= 11 is 2.07. The van der Waals surface area contributed by atoms with E-state index in [4.69, 9.17) is 0 Å². The highest BCUT2D eigenvalue weighted by Gasteiger charge is 2.22. The van der Waals surface area contributed by atoms with Crippen molar-refractivity contribution in [1.29, 1.82) is 0 Å². The van der Waals surface area contributed by atoms with Crippen LogP contribution in [0.4, 0.5) is 5.69 Å². The number of H-pyrrole nitrogens is 1. The van der Waals surface area contributed by atoms with E-state index in [0.717, 1.165) is 12.3 Å². The van der Waals surface area contributed by atoms with E-state index in [2.05, 4.69) is 89.0 Å². The van der Waals surface area contributed by atoms with E-state index in [0.29, 0.717) is 5.37 Å². The van der Waals surface area contributed by atoms with Gasteiger partial charge in [0.1, 0.15) is 0 Å². The van der Waals surface area contributed by atoms with Crippen LogP contribution in [0.25, 0.3) is 10.9 Å². The minimum atomic E-state index is 0.518. The molecule has 0 spiro atoms. The maximum absolute atomic E-state index is 3.78. The minimum absolute atomic E-state index is 0.518. The van der Waals surface area contributed by atoms with Crippen molar-refractivity contribution in [2.45, 2.75) is 38.0 Å². The van der Waals surface area contributed by atoms with E-state index >= 15 is 0 Å². The molecule has 0 amide bonds. The molecule has 3 nitrogen and oxygen atoms in total. The average molecular weight is 396 g/mol. The summed E-state index contributed by atoms with van der Waals surface area (Å²) in [6, 6.07) is 17.6. The lowest BCUT2D eigenvalue weighted by atomic mass is 9.93. The van der Waals surface area contributed by atoms with Crippen molar-refractivity contribution in [3.63, 3.8) is 0 Å². The number of thioether (sulfide) groups is 1. The lowest BCUT2D eigenvalue weighted by molar-refractivity contribution is 0.461. The highest BCUT2D eigenvalue weighted by Crippen LogP contribution is 2.33. The lowest BCUT2D eigenvalue weighted by Crippen LogP contribution is -2.26. The van der Waals surface area contributed by atoms with Gasteiger partial charge in [-0.05, 0) is 80.8 Å². The van der Waals surface area contributed by atoms with Crippen LogP contribution in [0.1, 0.15) is 30.9 Å². The van der Waals surface area contributed by atoms with E-state index in [9.17, 15) is 0 Å². The lowest BCUT2D eigenvalue weighted by Gasteiger charge is -2.30. The zero-order valence-electron chi connectivity index (χ0n) is 17.3. The largest absolute Gasteiger partial charge is 0.373 e. The van der Waals surface area contributed by atoms with Crippen molar-refractivity contribution < 1.29 is 0 Å². The van der Waals surface area contributed by atoms with Crippen LogP contribution in [-0.4, -0.2) is 30.2 Å². The molecule has 3 aromatic rings. The van der Waals surface area contributed by atoms with E-state index < -0.39 is 0 Å². The van der Waals surface area contributed by atoms with Crippen molar-refractivity contribution in [1.82, 2.24) is 10.3 Å². The number of hydrogen-bond acceptors (Lipinski definition) is 3. The molecule has 2 heterocycles. The van der Waals surface area contributed by atoms with Crippen LogP contribution < -0.4 is 10.6 Å². The predicted molar refractivity (Wildman–Crippen MR) is 125 cm³/mol. The summed E-state index contributed by atoms with van der Waals surface area (Å²) in [5.41, 5.74) is 5.36. The zero-order chi connectivity index (χ0) is 19.8. The first-order chi connectivity index (χ1) is 13.7. The number of fused-ring (bicyclic) bond motifs is 1. The van der Waals surface area contributed by atoms with E-state index in [1.165, 1.54) is 52.7 Å². The van der Waals surface area contributed by atoms with Gasteiger partial charge in [-0.1, -0.05) is 37.3 Å². The second-order valence-electron chi connectivity index (χ2n) is 7.51. The molecule has 2 aromatic carbocycles. The van der Waals surface area contributed by atoms with Crippen LogP contribution in [0.3, 0.4) is 0 Å². The van der Waals surface area contributed by atoms with Crippen molar-refractivity contribution >= 4 is 28.4 Å². The molecule has 0 bridgehead atoms. The first-order valence-electron chi connectivity index (χ1n) is 10.3. The number of aromatic amines is 1. The maximum Gasteiger partial charge on any atom is 0.0725 e. The summed E-state index contributed by atoms with van der Waals surface area (Å²) in [6.07, 6.45) is 6.98. The zero-order valence-corrected chi connectivity index (χ0v) is 18.1. The Morgan fingerprint density at radius 2 is 1.89 bits per heavy atom. The molecule has 3 N–H and O–H groups in total. The number of benzene rings is 2. The summed E-state index contributed by atoms with van der Waals surface area (Å²) in [6.45, 7) is 2.22. The molecule has 0 aliphatic carbocycles. The maximum atomic E-state index is 3.78. The molecule has 0 saturated carbocycles. The number of hydrogen-bond donors (Lipinski definition) is 3. The summed E-state index contributed by atoms with van der Waals surface area (Å²) < 4.78 is 0. The van der Waals surface area contributed by atoms with Crippen LogP contribution >= 0.6 is 11.8 Å². The molecule has 1 saturated heterocycles. The van der Waals surface area contributed by atoms with Gasteiger partial charge in [-0.2, -0.15) is 0 Å². The molecule has 1 aliphatic heterocycles. The van der Waals surface area contributed by atoms with Crippen LogP contribution in [0.5, 0.6) is 0 Å². The third-order valence-corrected chi connectivity index (χ3v) is 6.42. The fraction of sp³-hybridized carbons (Fsp3) is 0.417. The van der Waals surface area contributed by atoms with Crippen molar-refractivity contribution in [3.8, 4) is 0 Å². The van der Waals surface area contributed by atoms with Crippen LogP contribution in [0.2, 0.25) is 0 Å². The first kappa shape index (κ1) is 20.8. The molecule has 28 heavy (non-hydrogen) atoms. The quantitative estimate of drug-likeness (QED) is 0.520. The molecule has 2 unspecified atom stereocenters. The van der Waals surface area contributed by atoms with Gasteiger partial charge in [0.2, 0.25) is 0 Å². The third kappa shape index (κ3) is 5.55.